The van der Waals surface area contributed by atoms with Gasteiger partial charge >= 0.3 is 0 Å². The first-order chi connectivity index (χ1) is 11.7. The SMILES string of the molecule is CO[C@@H]1CCC[C@]12CCCN(c1cc(-c3nc(C)no3)ccn1)C2. The van der Waals surface area contributed by atoms with Gasteiger partial charge in [0.1, 0.15) is 5.82 Å². The Morgan fingerprint density at radius 3 is 3.00 bits per heavy atom. The number of ether oxygens (including phenoxy) is 1. The maximum atomic E-state index is 5.80. The van der Waals surface area contributed by atoms with Crippen LogP contribution >= 0.6 is 0 Å². The van der Waals surface area contributed by atoms with Crippen LogP contribution in [-0.2, 0) is 4.74 Å². The van der Waals surface area contributed by atoms with Crippen molar-refractivity contribution in [2.24, 2.45) is 5.41 Å². The number of rotatable bonds is 3. The fourth-order valence-corrected chi connectivity index (χ4v) is 4.44. The number of pyridine rings is 1. The molecule has 6 heteroatoms. The van der Waals surface area contributed by atoms with E-state index in [1.54, 1.807) is 0 Å². The zero-order valence-electron chi connectivity index (χ0n) is 14.4. The minimum atomic E-state index is 0.283. The fourth-order valence-electron chi connectivity index (χ4n) is 4.44. The van der Waals surface area contributed by atoms with Gasteiger partial charge in [-0.05, 0) is 44.7 Å². The molecular formula is C18H24N4O2. The van der Waals surface area contributed by atoms with Crippen LogP contribution in [0.25, 0.3) is 11.5 Å². The van der Waals surface area contributed by atoms with Crippen molar-refractivity contribution in [2.45, 2.75) is 45.1 Å². The van der Waals surface area contributed by atoms with Crippen molar-refractivity contribution in [3.63, 3.8) is 0 Å². The summed E-state index contributed by atoms with van der Waals surface area (Å²) < 4.78 is 11.1. The molecule has 1 saturated heterocycles. The number of hydrogen-bond donors (Lipinski definition) is 0. The lowest BCUT2D eigenvalue weighted by Gasteiger charge is -2.44. The average Bonchev–Trinajstić information content (AvgIpc) is 3.21. The maximum absolute atomic E-state index is 5.80. The Morgan fingerprint density at radius 2 is 2.21 bits per heavy atom. The fraction of sp³-hybridized carbons (Fsp3) is 0.611. The lowest BCUT2D eigenvalue weighted by Crippen LogP contribution is -2.48. The molecule has 24 heavy (non-hydrogen) atoms. The number of aryl methyl sites for hydroxylation is 1. The second-order valence-electron chi connectivity index (χ2n) is 7.05. The molecule has 2 fully saturated rings. The summed E-state index contributed by atoms with van der Waals surface area (Å²) in [6.45, 7) is 3.89. The van der Waals surface area contributed by atoms with Gasteiger partial charge in [0, 0.05) is 37.4 Å². The van der Waals surface area contributed by atoms with Crippen molar-refractivity contribution < 1.29 is 9.26 Å². The van der Waals surface area contributed by atoms with Crippen LogP contribution < -0.4 is 4.90 Å². The quantitative estimate of drug-likeness (QED) is 0.862. The van der Waals surface area contributed by atoms with Gasteiger partial charge in [0.05, 0.1) is 6.10 Å². The predicted octanol–water partition coefficient (Wildman–Crippen LogP) is 3.23. The molecule has 0 bridgehead atoms. The molecule has 2 aromatic rings. The van der Waals surface area contributed by atoms with Crippen LogP contribution in [0.1, 0.15) is 37.9 Å². The Balaban J connectivity index is 1.59. The first-order valence-electron chi connectivity index (χ1n) is 8.75. The molecule has 4 rings (SSSR count). The van der Waals surface area contributed by atoms with Crippen molar-refractivity contribution in [1.29, 1.82) is 0 Å². The molecule has 1 saturated carbocycles. The Bertz CT molecular complexity index is 717. The number of hydrogen-bond acceptors (Lipinski definition) is 6. The summed E-state index contributed by atoms with van der Waals surface area (Å²) in [5, 5.41) is 3.88. The van der Waals surface area contributed by atoms with Gasteiger partial charge < -0.3 is 14.2 Å². The molecule has 128 valence electrons. The Labute approximate surface area is 142 Å². The highest BCUT2D eigenvalue weighted by molar-refractivity contribution is 5.58. The summed E-state index contributed by atoms with van der Waals surface area (Å²) in [5.41, 5.74) is 1.21. The van der Waals surface area contributed by atoms with E-state index >= 15 is 0 Å². The predicted molar refractivity (Wildman–Crippen MR) is 90.8 cm³/mol. The van der Waals surface area contributed by atoms with Gasteiger partial charge in [0.25, 0.3) is 5.89 Å². The van der Waals surface area contributed by atoms with Crippen LogP contribution in [-0.4, -0.2) is 41.4 Å². The zero-order valence-corrected chi connectivity index (χ0v) is 14.4. The van der Waals surface area contributed by atoms with E-state index in [0.717, 1.165) is 24.5 Å². The van der Waals surface area contributed by atoms with E-state index in [4.69, 9.17) is 9.26 Å². The smallest absolute Gasteiger partial charge is 0.258 e. The Hall–Kier alpha value is -1.95. The second-order valence-corrected chi connectivity index (χ2v) is 7.05. The van der Waals surface area contributed by atoms with Crippen LogP contribution in [0.2, 0.25) is 0 Å². The van der Waals surface area contributed by atoms with E-state index in [1.165, 1.54) is 32.1 Å². The average molecular weight is 328 g/mol. The first kappa shape index (κ1) is 15.6. The van der Waals surface area contributed by atoms with Crippen LogP contribution in [0.4, 0.5) is 5.82 Å². The normalized spacial score (nSPS) is 27.1. The van der Waals surface area contributed by atoms with Gasteiger partial charge in [-0.3, -0.25) is 0 Å². The van der Waals surface area contributed by atoms with E-state index < -0.39 is 0 Å². The highest BCUT2D eigenvalue weighted by Crippen LogP contribution is 2.47. The van der Waals surface area contributed by atoms with E-state index in [0.29, 0.717) is 17.8 Å². The molecule has 2 atom stereocenters. The van der Waals surface area contributed by atoms with Crippen molar-refractivity contribution >= 4 is 5.82 Å². The molecule has 0 aromatic carbocycles. The largest absolute Gasteiger partial charge is 0.381 e. The molecule has 0 radical (unpaired) electrons. The summed E-state index contributed by atoms with van der Waals surface area (Å²) in [4.78, 5) is 11.3. The van der Waals surface area contributed by atoms with Crippen LogP contribution in [0.15, 0.2) is 22.9 Å². The molecule has 1 aliphatic heterocycles. The number of nitrogens with zero attached hydrogens (tertiary/aromatic N) is 4. The zero-order chi connectivity index (χ0) is 16.6. The Morgan fingerprint density at radius 1 is 1.33 bits per heavy atom. The maximum Gasteiger partial charge on any atom is 0.258 e. The molecule has 2 aromatic heterocycles. The monoisotopic (exact) mass is 328 g/mol. The van der Waals surface area contributed by atoms with Crippen molar-refractivity contribution in [2.75, 3.05) is 25.1 Å². The summed E-state index contributed by atoms with van der Waals surface area (Å²) >= 11 is 0. The van der Waals surface area contributed by atoms with E-state index in [2.05, 4.69) is 26.1 Å². The summed E-state index contributed by atoms with van der Waals surface area (Å²) in [5.74, 6) is 2.19. The standard InChI is InChI=1S/C18H24N4O2/c1-13-20-17(24-21-13)14-6-9-19-16(11-14)22-10-4-8-18(12-22)7-3-5-15(18)23-2/h6,9,11,15H,3-5,7-8,10,12H2,1-2H3/t15-,18-/m1/s1. The third-order valence-electron chi connectivity index (χ3n) is 5.56. The Kier molecular flexibility index (Phi) is 4.00. The lowest BCUT2D eigenvalue weighted by atomic mass is 9.76. The first-order valence-corrected chi connectivity index (χ1v) is 8.75. The van der Waals surface area contributed by atoms with Gasteiger partial charge in [0.15, 0.2) is 5.82 Å². The van der Waals surface area contributed by atoms with Gasteiger partial charge in [-0.15, -0.1) is 0 Å². The van der Waals surface area contributed by atoms with Gasteiger partial charge in [-0.1, -0.05) is 11.6 Å². The topological polar surface area (TPSA) is 64.3 Å². The van der Waals surface area contributed by atoms with Gasteiger partial charge in [-0.25, -0.2) is 4.98 Å². The molecular weight excluding hydrogens is 304 g/mol. The minimum Gasteiger partial charge on any atom is -0.381 e. The summed E-state index contributed by atoms with van der Waals surface area (Å²) in [6, 6.07) is 3.98. The van der Waals surface area contributed by atoms with Gasteiger partial charge in [-0.2, -0.15) is 4.98 Å². The molecule has 0 unspecified atom stereocenters. The molecule has 2 aliphatic rings. The molecule has 6 nitrogen and oxygen atoms in total. The molecule has 0 N–H and O–H groups in total. The number of anilines is 1. The lowest BCUT2D eigenvalue weighted by molar-refractivity contribution is 0.00216. The van der Waals surface area contributed by atoms with Crippen molar-refractivity contribution in [3.8, 4) is 11.5 Å². The van der Waals surface area contributed by atoms with E-state index in [1.807, 2.05) is 26.3 Å². The van der Waals surface area contributed by atoms with Crippen molar-refractivity contribution in [1.82, 2.24) is 15.1 Å². The number of methoxy groups -OCH3 is 1. The van der Waals surface area contributed by atoms with Gasteiger partial charge in [0.2, 0.25) is 0 Å². The number of piperidine rings is 1. The molecule has 0 amide bonds. The number of aromatic nitrogens is 3. The van der Waals surface area contributed by atoms with Crippen LogP contribution in [0.5, 0.6) is 0 Å². The molecule has 3 heterocycles. The molecule has 1 aliphatic carbocycles. The third kappa shape index (κ3) is 2.69. The summed E-state index contributed by atoms with van der Waals surface area (Å²) in [6.07, 6.45) is 8.34. The summed E-state index contributed by atoms with van der Waals surface area (Å²) in [7, 11) is 1.85. The highest BCUT2D eigenvalue weighted by Gasteiger charge is 2.46. The minimum absolute atomic E-state index is 0.283. The molecule has 1 spiro atoms. The highest BCUT2D eigenvalue weighted by atomic mass is 16.5. The van der Waals surface area contributed by atoms with Crippen LogP contribution in [0.3, 0.4) is 0 Å². The second kappa shape index (κ2) is 6.16. The van der Waals surface area contributed by atoms with E-state index in [-0.39, 0.29) is 5.41 Å². The van der Waals surface area contributed by atoms with Crippen LogP contribution in [0, 0.1) is 12.3 Å². The third-order valence-corrected chi connectivity index (χ3v) is 5.56. The van der Waals surface area contributed by atoms with E-state index in [9.17, 15) is 0 Å². The van der Waals surface area contributed by atoms with Crippen molar-refractivity contribution in [3.05, 3.63) is 24.2 Å².